The summed E-state index contributed by atoms with van der Waals surface area (Å²) in [4.78, 5) is 22.2. The molecule has 0 amide bonds. The highest BCUT2D eigenvalue weighted by atomic mass is 16.7. The molecule has 0 aliphatic carbocycles. The molecule has 1 N–H and O–H groups in total. The van der Waals surface area contributed by atoms with E-state index in [1.807, 2.05) is 0 Å². The van der Waals surface area contributed by atoms with Crippen molar-refractivity contribution < 1.29 is 24.2 Å². The average molecular weight is 224 g/mol. The first-order valence-electron chi connectivity index (χ1n) is 4.55. The second kappa shape index (κ2) is 5.27. The quantitative estimate of drug-likeness (QED) is 0.619. The number of rotatable bonds is 4. The van der Waals surface area contributed by atoms with Crippen LogP contribution in [0, 0.1) is 6.92 Å². The van der Waals surface area contributed by atoms with E-state index in [9.17, 15) is 9.59 Å². The van der Waals surface area contributed by atoms with Gasteiger partial charge in [-0.05, 0) is 30.7 Å². The largest absolute Gasteiger partial charge is 0.478 e. The minimum absolute atomic E-state index is 0.0596. The summed E-state index contributed by atoms with van der Waals surface area (Å²) in [5.74, 6) is -1.68. The van der Waals surface area contributed by atoms with Crippen molar-refractivity contribution >= 4 is 11.9 Å². The van der Waals surface area contributed by atoms with Gasteiger partial charge in [0, 0.05) is 7.11 Å². The van der Waals surface area contributed by atoms with Gasteiger partial charge in [0.2, 0.25) is 0 Å². The second-order valence-corrected chi connectivity index (χ2v) is 3.23. The molecule has 86 valence electrons. The Morgan fingerprint density at radius 1 is 1.25 bits per heavy atom. The van der Waals surface area contributed by atoms with E-state index in [1.54, 1.807) is 13.0 Å². The molecule has 0 unspecified atom stereocenters. The molecule has 0 aromatic heterocycles. The molecule has 0 radical (unpaired) electrons. The van der Waals surface area contributed by atoms with Gasteiger partial charge in [-0.25, -0.2) is 9.59 Å². The predicted molar refractivity (Wildman–Crippen MR) is 55.4 cm³/mol. The highest BCUT2D eigenvalue weighted by Crippen LogP contribution is 2.11. The van der Waals surface area contributed by atoms with Crippen molar-refractivity contribution in [1.82, 2.24) is 0 Å². The number of carboxylic acids is 1. The number of methoxy groups -OCH3 is 1. The van der Waals surface area contributed by atoms with Crippen LogP contribution in [0.15, 0.2) is 18.2 Å². The van der Waals surface area contributed by atoms with Gasteiger partial charge in [-0.15, -0.1) is 0 Å². The zero-order valence-corrected chi connectivity index (χ0v) is 9.02. The third-order valence-corrected chi connectivity index (χ3v) is 1.87. The van der Waals surface area contributed by atoms with E-state index >= 15 is 0 Å². The Kier molecular flexibility index (Phi) is 4.02. The number of benzene rings is 1. The van der Waals surface area contributed by atoms with Crippen molar-refractivity contribution in [2.24, 2.45) is 0 Å². The number of hydrogen-bond acceptors (Lipinski definition) is 4. The Balaban J connectivity index is 2.95. The predicted octanol–water partition coefficient (Wildman–Crippen LogP) is 1.45. The second-order valence-electron chi connectivity index (χ2n) is 3.23. The molecule has 5 nitrogen and oxygen atoms in total. The number of aromatic carboxylic acids is 1. The van der Waals surface area contributed by atoms with E-state index in [2.05, 4.69) is 4.74 Å². The first kappa shape index (κ1) is 12.2. The Hall–Kier alpha value is -1.88. The number of ether oxygens (including phenoxy) is 2. The van der Waals surface area contributed by atoms with E-state index in [0.29, 0.717) is 5.56 Å². The highest BCUT2D eigenvalue weighted by molar-refractivity contribution is 5.94. The van der Waals surface area contributed by atoms with Crippen molar-refractivity contribution in [2.45, 2.75) is 6.92 Å². The van der Waals surface area contributed by atoms with Crippen molar-refractivity contribution in [3.05, 3.63) is 34.9 Å². The van der Waals surface area contributed by atoms with Crippen LogP contribution in [0.1, 0.15) is 26.3 Å². The zero-order chi connectivity index (χ0) is 12.1. The summed E-state index contributed by atoms with van der Waals surface area (Å²) in [6, 6.07) is 4.31. The lowest BCUT2D eigenvalue weighted by atomic mass is 10.1. The van der Waals surface area contributed by atoms with Gasteiger partial charge in [0.1, 0.15) is 0 Å². The van der Waals surface area contributed by atoms with Crippen LogP contribution in [0.3, 0.4) is 0 Å². The van der Waals surface area contributed by atoms with Crippen LogP contribution in [0.5, 0.6) is 0 Å². The number of aryl methyl sites for hydroxylation is 1. The molecule has 1 rings (SSSR count). The average Bonchev–Trinajstić information content (AvgIpc) is 2.24. The molecule has 16 heavy (non-hydrogen) atoms. The van der Waals surface area contributed by atoms with Gasteiger partial charge in [0.15, 0.2) is 6.79 Å². The monoisotopic (exact) mass is 224 g/mol. The Morgan fingerprint density at radius 3 is 2.44 bits per heavy atom. The molecule has 0 saturated carbocycles. The molecule has 1 aromatic carbocycles. The fourth-order valence-corrected chi connectivity index (χ4v) is 1.22. The van der Waals surface area contributed by atoms with Gasteiger partial charge < -0.3 is 14.6 Å². The smallest absolute Gasteiger partial charge is 0.340 e. The molecule has 0 spiro atoms. The van der Waals surface area contributed by atoms with Crippen LogP contribution < -0.4 is 0 Å². The fraction of sp³-hybridized carbons (Fsp3) is 0.273. The summed E-state index contributed by atoms with van der Waals surface area (Å²) in [6.45, 7) is 1.55. The molecular weight excluding hydrogens is 212 g/mol. The summed E-state index contributed by atoms with van der Waals surface area (Å²) in [7, 11) is 1.40. The van der Waals surface area contributed by atoms with Gasteiger partial charge in [-0.2, -0.15) is 0 Å². The SMILES string of the molecule is COCOC(=O)c1cc(C)cc(C(=O)O)c1. The van der Waals surface area contributed by atoms with E-state index in [1.165, 1.54) is 19.2 Å². The maximum atomic E-state index is 11.4. The number of carboxylic acid groups (broad SMARTS) is 1. The number of hydrogen-bond donors (Lipinski definition) is 1. The van der Waals surface area contributed by atoms with Crippen LogP contribution in [-0.2, 0) is 9.47 Å². The molecule has 1 aromatic rings. The standard InChI is InChI=1S/C11H12O5/c1-7-3-8(10(12)13)5-9(4-7)11(14)16-6-15-2/h3-5H,6H2,1-2H3,(H,12,13). The molecule has 0 aliphatic heterocycles. The van der Waals surface area contributed by atoms with Gasteiger partial charge in [0.05, 0.1) is 11.1 Å². The third kappa shape index (κ3) is 3.06. The van der Waals surface area contributed by atoms with Crippen molar-refractivity contribution in [3.63, 3.8) is 0 Å². The number of carbonyl (C=O) groups is 2. The van der Waals surface area contributed by atoms with Crippen LogP contribution in [-0.4, -0.2) is 30.9 Å². The van der Waals surface area contributed by atoms with E-state index in [-0.39, 0.29) is 17.9 Å². The van der Waals surface area contributed by atoms with E-state index in [0.717, 1.165) is 0 Å². The van der Waals surface area contributed by atoms with Crippen molar-refractivity contribution in [1.29, 1.82) is 0 Å². The lowest BCUT2D eigenvalue weighted by Gasteiger charge is -2.05. The van der Waals surface area contributed by atoms with Crippen LogP contribution in [0.2, 0.25) is 0 Å². The van der Waals surface area contributed by atoms with Crippen LogP contribution in [0.4, 0.5) is 0 Å². The number of carbonyl (C=O) groups excluding carboxylic acids is 1. The fourth-order valence-electron chi connectivity index (χ4n) is 1.22. The summed E-state index contributed by atoms with van der Waals surface area (Å²) < 4.78 is 9.30. The van der Waals surface area contributed by atoms with Crippen LogP contribution in [0.25, 0.3) is 0 Å². The zero-order valence-electron chi connectivity index (χ0n) is 9.02. The van der Waals surface area contributed by atoms with Crippen molar-refractivity contribution in [2.75, 3.05) is 13.9 Å². The summed E-state index contributed by atoms with van der Waals surface area (Å²) in [5, 5.41) is 8.81. The lowest BCUT2D eigenvalue weighted by Crippen LogP contribution is -2.09. The van der Waals surface area contributed by atoms with Gasteiger partial charge in [-0.1, -0.05) is 0 Å². The number of esters is 1. The molecule has 5 heteroatoms. The van der Waals surface area contributed by atoms with Gasteiger partial charge >= 0.3 is 11.9 Å². The summed E-state index contributed by atoms with van der Waals surface area (Å²) in [5.41, 5.74) is 0.947. The maximum Gasteiger partial charge on any atom is 0.340 e. The lowest BCUT2D eigenvalue weighted by molar-refractivity contribution is -0.0125. The van der Waals surface area contributed by atoms with E-state index < -0.39 is 11.9 Å². The Bertz CT molecular complexity index is 411. The highest BCUT2D eigenvalue weighted by Gasteiger charge is 2.11. The molecular formula is C11H12O5. The van der Waals surface area contributed by atoms with Crippen LogP contribution >= 0.6 is 0 Å². The molecule has 0 bridgehead atoms. The summed E-state index contributed by atoms with van der Waals surface area (Å²) >= 11 is 0. The molecule has 0 fully saturated rings. The van der Waals surface area contributed by atoms with Gasteiger partial charge in [-0.3, -0.25) is 0 Å². The minimum atomic E-state index is -1.08. The summed E-state index contributed by atoms with van der Waals surface area (Å²) in [6.07, 6.45) is 0. The topological polar surface area (TPSA) is 72.8 Å². The van der Waals surface area contributed by atoms with E-state index in [4.69, 9.17) is 9.84 Å². The molecule has 0 heterocycles. The third-order valence-electron chi connectivity index (χ3n) is 1.87. The van der Waals surface area contributed by atoms with Crippen molar-refractivity contribution in [3.8, 4) is 0 Å². The molecule has 0 saturated heterocycles. The Morgan fingerprint density at radius 2 is 1.88 bits per heavy atom. The minimum Gasteiger partial charge on any atom is -0.478 e. The molecule has 0 atom stereocenters. The molecule has 0 aliphatic rings. The first-order chi connectivity index (χ1) is 7.54. The maximum absolute atomic E-state index is 11.4. The van der Waals surface area contributed by atoms with Gasteiger partial charge in [0.25, 0.3) is 0 Å². The normalized spacial score (nSPS) is 9.88. The Labute approximate surface area is 92.6 Å². The first-order valence-corrected chi connectivity index (χ1v) is 4.55.